The summed E-state index contributed by atoms with van der Waals surface area (Å²) in [6.07, 6.45) is 4.07. The van der Waals surface area contributed by atoms with Gasteiger partial charge in [0.1, 0.15) is 0 Å². The molecule has 0 aliphatic heterocycles. The van der Waals surface area contributed by atoms with E-state index in [4.69, 9.17) is 0 Å². The maximum atomic E-state index is 2.34. The van der Waals surface area contributed by atoms with Crippen LogP contribution in [0.25, 0.3) is 0 Å². The fraction of sp³-hybridized carbons (Fsp3) is 0.417. The van der Waals surface area contributed by atoms with E-state index in [-0.39, 0.29) is 0 Å². The second-order valence-corrected chi connectivity index (χ2v) is 3.68. The van der Waals surface area contributed by atoms with Crippen molar-refractivity contribution in [2.75, 3.05) is 0 Å². The van der Waals surface area contributed by atoms with E-state index in [9.17, 15) is 0 Å². The van der Waals surface area contributed by atoms with Crippen molar-refractivity contribution in [2.24, 2.45) is 5.92 Å². The van der Waals surface area contributed by atoms with Crippen LogP contribution in [0.1, 0.15) is 31.7 Å². The molecule has 0 aromatic heterocycles. The highest BCUT2D eigenvalue weighted by Gasteiger charge is 2.24. The summed E-state index contributed by atoms with van der Waals surface area (Å²) in [6.45, 7) is 2.34. The van der Waals surface area contributed by atoms with Gasteiger partial charge in [-0.3, -0.25) is 0 Å². The summed E-state index contributed by atoms with van der Waals surface area (Å²) in [4.78, 5) is 0. The first kappa shape index (κ1) is 7.85. The van der Waals surface area contributed by atoms with E-state index in [1.807, 2.05) is 0 Å². The van der Waals surface area contributed by atoms with E-state index in [1.165, 1.54) is 24.8 Å². The van der Waals surface area contributed by atoms with Crippen molar-refractivity contribution >= 4 is 0 Å². The SMILES string of the molecule is CC1CCC[C]1c1ccccc1. The lowest BCUT2D eigenvalue weighted by Crippen LogP contribution is -2.02. The average molecular weight is 159 g/mol. The van der Waals surface area contributed by atoms with Gasteiger partial charge in [0.25, 0.3) is 0 Å². The second kappa shape index (κ2) is 3.30. The van der Waals surface area contributed by atoms with Crippen molar-refractivity contribution in [1.82, 2.24) is 0 Å². The third kappa shape index (κ3) is 1.38. The molecule has 0 spiro atoms. The molecule has 1 unspecified atom stereocenters. The van der Waals surface area contributed by atoms with Crippen LogP contribution in [0.4, 0.5) is 0 Å². The van der Waals surface area contributed by atoms with Crippen LogP contribution < -0.4 is 0 Å². The van der Waals surface area contributed by atoms with Crippen molar-refractivity contribution in [2.45, 2.75) is 26.2 Å². The molecule has 0 nitrogen and oxygen atoms in total. The molecule has 1 aromatic rings. The number of hydrogen-bond donors (Lipinski definition) is 0. The standard InChI is InChI=1S/C12H15/c1-10-6-5-9-12(10)11-7-3-2-4-8-11/h2-4,7-8,10H,5-6,9H2,1H3. The van der Waals surface area contributed by atoms with Crippen LogP contribution in [0.5, 0.6) is 0 Å². The minimum atomic E-state index is 0.812. The zero-order chi connectivity index (χ0) is 8.39. The Morgan fingerprint density at radius 2 is 1.92 bits per heavy atom. The van der Waals surface area contributed by atoms with Crippen LogP contribution in [0.15, 0.2) is 30.3 Å². The monoisotopic (exact) mass is 159 g/mol. The molecule has 12 heavy (non-hydrogen) atoms. The summed E-state index contributed by atoms with van der Waals surface area (Å²) in [5, 5.41) is 0. The van der Waals surface area contributed by atoms with Crippen LogP contribution in [-0.2, 0) is 0 Å². The molecule has 0 amide bonds. The highest BCUT2D eigenvalue weighted by molar-refractivity contribution is 5.32. The maximum absolute atomic E-state index is 2.34. The van der Waals surface area contributed by atoms with Crippen LogP contribution in [-0.4, -0.2) is 0 Å². The molecule has 0 N–H and O–H groups in total. The molecule has 0 heteroatoms. The lowest BCUT2D eigenvalue weighted by atomic mass is 9.90. The largest absolute Gasteiger partial charge is 0.0622 e. The highest BCUT2D eigenvalue weighted by atomic mass is 14.3. The van der Waals surface area contributed by atoms with E-state index in [0.717, 1.165) is 5.92 Å². The Kier molecular flexibility index (Phi) is 2.16. The first-order valence-electron chi connectivity index (χ1n) is 4.79. The Labute approximate surface area is 74.6 Å². The molecule has 1 aromatic carbocycles. The molecule has 2 rings (SSSR count). The molecule has 1 atom stereocenters. The molecule has 1 radical (unpaired) electrons. The Balaban J connectivity index is 2.19. The van der Waals surface area contributed by atoms with Gasteiger partial charge in [-0.25, -0.2) is 0 Å². The topological polar surface area (TPSA) is 0 Å². The summed E-state index contributed by atoms with van der Waals surface area (Å²) < 4.78 is 0. The molecule has 63 valence electrons. The molecule has 1 fully saturated rings. The van der Waals surface area contributed by atoms with E-state index < -0.39 is 0 Å². The highest BCUT2D eigenvalue weighted by Crippen LogP contribution is 2.37. The van der Waals surface area contributed by atoms with E-state index in [0.29, 0.717) is 0 Å². The fourth-order valence-electron chi connectivity index (χ4n) is 2.10. The third-order valence-electron chi connectivity index (χ3n) is 2.82. The van der Waals surface area contributed by atoms with Gasteiger partial charge in [-0.15, -0.1) is 0 Å². The van der Waals surface area contributed by atoms with Gasteiger partial charge >= 0.3 is 0 Å². The average Bonchev–Trinajstić information content (AvgIpc) is 2.53. The lowest BCUT2D eigenvalue weighted by molar-refractivity contribution is 0.657. The first-order chi connectivity index (χ1) is 5.88. The van der Waals surface area contributed by atoms with Crippen molar-refractivity contribution in [3.8, 4) is 0 Å². The van der Waals surface area contributed by atoms with E-state index >= 15 is 0 Å². The first-order valence-corrected chi connectivity index (χ1v) is 4.79. The zero-order valence-electron chi connectivity index (χ0n) is 7.59. The van der Waals surface area contributed by atoms with Gasteiger partial charge in [0.2, 0.25) is 0 Å². The molecule has 1 saturated carbocycles. The summed E-state index contributed by atoms with van der Waals surface area (Å²) in [6, 6.07) is 10.8. The molecule has 1 aliphatic rings. The van der Waals surface area contributed by atoms with Crippen molar-refractivity contribution in [3.05, 3.63) is 41.8 Å². The lowest BCUT2D eigenvalue weighted by Gasteiger charge is -2.14. The molecule has 0 heterocycles. The summed E-state index contributed by atoms with van der Waals surface area (Å²) >= 11 is 0. The smallest absolute Gasteiger partial charge is 0.00779 e. The molecule has 1 aliphatic carbocycles. The zero-order valence-corrected chi connectivity index (χ0v) is 7.59. The molecular formula is C12H15. The van der Waals surface area contributed by atoms with Gasteiger partial charge in [0.15, 0.2) is 0 Å². The Morgan fingerprint density at radius 1 is 1.17 bits per heavy atom. The Bertz CT molecular complexity index is 237. The minimum Gasteiger partial charge on any atom is -0.0622 e. The maximum Gasteiger partial charge on any atom is 0.00779 e. The van der Waals surface area contributed by atoms with Crippen LogP contribution in [0, 0.1) is 11.8 Å². The quantitative estimate of drug-likeness (QED) is 0.589. The summed E-state index contributed by atoms with van der Waals surface area (Å²) in [5.41, 5.74) is 1.46. The van der Waals surface area contributed by atoms with Crippen LogP contribution >= 0.6 is 0 Å². The van der Waals surface area contributed by atoms with Gasteiger partial charge in [0.05, 0.1) is 0 Å². The van der Waals surface area contributed by atoms with Gasteiger partial charge in [0, 0.05) is 5.92 Å². The van der Waals surface area contributed by atoms with Crippen molar-refractivity contribution in [1.29, 1.82) is 0 Å². The summed E-state index contributed by atoms with van der Waals surface area (Å²) in [5.74, 6) is 2.48. The van der Waals surface area contributed by atoms with Gasteiger partial charge < -0.3 is 0 Å². The van der Waals surface area contributed by atoms with Gasteiger partial charge in [-0.1, -0.05) is 43.7 Å². The Morgan fingerprint density at radius 3 is 2.50 bits per heavy atom. The van der Waals surface area contributed by atoms with Crippen LogP contribution in [0.2, 0.25) is 0 Å². The number of rotatable bonds is 1. The Hall–Kier alpha value is -0.780. The molecule has 0 saturated heterocycles. The normalized spacial score (nSPS) is 24.6. The predicted octanol–water partition coefficient (Wildman–Crippen LogP) is 3.43. The number of hydrogen-bond acceptors (Lipinski definition) is 0. The minimum absolute atomic E-state index is 0.812. The molecular weight excluding hydrogens is 144 g/mol. The van der Waals surface area contributed by atoms with Crippen molar-refractivity contribution < 1.29 is 0 Å². The number of benzene rings is 1. The molecule has 0 bridgehead atoms. The van der Waals surface area contributed by atoms with Crippen LogP contribution in [0.3, 0.4) is 0 Å². The third-order valence-corrected chi connectivity index (χ3v) is 2.82. The van der Waals surface area contributed by atoms with Gasteiger partial charge in [-0.05, 0) is 24.3 Å². The van der Waals surface area contributed by atoms with E-state index in [1.54, 1.807) is 5.92 Å². The second-order valence-electron chi connectivity index (χ2n) is 3.68. The summed E-state index contributed by atoms with van der Waals surface area (Å²) in [7, 11) is 0. The fourth-order valence-corrected chi connectivity index (χ4v) is 2.10. The van der Waals surface area contributed by atoms with E-state index in [2.05, 4.69) is 37.3 Å². The van der Waals surface area contributed by atoms with Crippen molar-refractivity contribution in [3.63, 3.8) is 0 Å². The predicted molar refractivity (Wildman–Crippen MR) is 51.8 cm³/mol. The van der Waals surface area contributed by atoms with Gasteiger partial charge in [-0.2, -0.15) is 0 Å².